The number of aliphatic hydroxyl groups excluding tert-OH is 1. The number of hydrogen-bond donors (Lipinski definition) is 2. The van der Waals surface area contributed by atoms with Crippen molar-refractivity contribution in [3.8, 4) is 0 Å². The van der Waals surface area contributed by atoms with E-state index in [4.69, 9.17) is 5.11 Å². The molecule has 0 bridgehead atoms. The van der Waals surface area contributed by atoms with Crippen molar-refractivity contribution in [3.63, 3.8) is 0 Å². The number of nitrogens with one attached hydrogen (secondary N) is 1. The van der Waals surface area contributed by atoms with Gasteiger partial charge in [0.2, 0.25) is 10.0 Å². The predicted molar refractivity (Wildman–Crippen MR) is 71.3 cm³/mol. The zero-order chi connectivity index (χ0) is 13.9. The molecule has 4 nitrogen and oxygen atoms in total. The van der Waals surface area contributed by atoms with Crippen LogP contribution in [0.5, 0.6) is 0 Å². The van der Waals surface area contributed by atoms with Crippen LogP contribution in [0.2, 0.25) is 0 Å². The van der Waals surface area contributed by atoms with Crippen LogP contribution in [0.25, 0.3) is 0 Å². The van der Waals surface area contributed by atoms with Gasteiger partial charge in [0.05, 0.1) is 5.75 Å². The summed E-state index contributed by atoms with van der Waals surface area (Å²) in [6.07, 6.45) is 0.437. The largest absolute Gasteiger partial charge is 0.396 e. The van der Waals surface area contributed by atoms with E-state index in [0.29, 0.717) is 6.42 Å². The zero-order valence-corrected chi connectivity index (χ0v) is 12.7. The Balaban J connectivity index is 4.77. The van der Waals surface area contributed by atoms with Crippen LogP contribution in [0.3, 0.4) is 0 Å². The maximum Gasteiger partial charge on any atom is 0.212 e. The van der Waals surface area contributed by atoms with Gasteiger partial charge in [-0.05, 0) is 17.3 Å². The summed E-state index contributed by atoms with van der Waals surface area (Å²) in [6, 6.07) is -0.236. The average molecular weight is 265 g/mol. The van der Waals surface area contributed by atoms with Gasteiger partial charge in [-0.2, -0.15) is 0 Å². The van der Waals surface area contributed by atoms with Crippen molar-refractivity contribution in [2.45, 2.75) is 54.0 Å². The minimum Gasteiger partial charge on any atom is -0.396 e. The van der Waals surface area contributed by atoms with Crippen molar-refractivity contribution in [3.05, 3.63) is 0 Å². The molecule has 0 heterocycles. The lowest BCUT2D eigenvalue weighted by atomic mass is 9.86. The molecule has 0 radical (unpaired) electrons. The van der Waals surface area contributed by atoms with Gasteiger partial charge in [0.25, 0.3) is 0 Å². The number of sulfonamides is 1. The van der Waals surface area contributed by atoms with Crippen LogP contribution >= 0.6 is 0 Å². The lowest BCUT2D eigenvalue weighted by Crippen LogP contribution is -2.46. The molecule has 0 aliphatic rings. The standard InChI is InChI=1S/C12H27NO3S/c1-11(2,3)9-17(15,16)13-10(7-8-14)12(4,5)6/h10,13-14H,7-9H2,1-6H3. The Morgan fingerprint density at radius 1 is 1.12 bits per heavy atom. The molecule has 0 aromatic rings. The smallest absolute Gasteiger partial charge is 0.212 e. The van der Waals surface area contributed by atoms with Gasteiger partial charge in [-0.1, -0.05) is 41.5 Å². The quantitative estimate of drug-likeness (QED) is 0.796. The molecular weight excluding hydrogens is 238 g/mol. The molecule has 0 saturated carbocycles. The van der Waals surface area contributed by atoms with E-state index in [1.165, 1.54) is 0 Å². The first-order valence-electron chi connectivity index (χ1n) is 5.98. The maximum absolute atomic E-state index is 12.0. The highest BCUT2D eigenvalue weighted by Gasteiger charge is 2.30. The van der Waals surface area contributed by atoms with Crippen LogP contribution in [0, 0.1) is 10.8 Å². The van der Waals surface area contributed by atoms with Crippen LogP contribution in [0.1, 0.15) is 48.0 Å². The molecule has 0 fully saturated rings. The van der Waals surface area contributed by atoms with Gasteiger partial charge in [-0.15, -0.1) is 0 Å². The van der Waals surface area contributed by atoms with Crippen molar-refractivity contribution < 1.29 is 13.5 Å². The second-order valence-corrected chi connectivity index (χ2v) is 8.62. The minimum absolute atomic E-state index is 0.0139. The molecule has 0 aliphatic heterocycles. The third kappa shape index (κ3) is 7.73. The third-order valence-corrected chi connectivity index (χ3v) is 4.30. The third-order valence-electron chi connectivity index (χ3n) is 2.41. The summed E-state index contributed by atoms with van der Waals surface area (Å²) in [5.74, 6) is 0.0952. The lowest BCUT2D eigenvalue weighted by molar-refractivity contribution is 0.214. The van der Waals surface area contributed by atoms with Crippen molar-refractivity contribution in [2.75, 3.05) is 12.4 Å². The van der Waals surface area contributed by atoms with E-state index in [9.17, 15) is 8.42 Å². The fraction of sp³-hybridized carbons (Fsp3) is 1.00. The first-order chi connectivity index (χ1) is 7.37. The number of rotatable bonds is 5. The Hall–Kier alpha value is -0.130. The fourth-order valence-electron chi connectivity index (χ4n) is 1.63. The summed E-state index contributed by atoms with van der Waals surface area (Å²) in [4.78, 5) is 0. The first-order valence-corrected chi connectivity index (χ1v) is 7.63. The average Bonchev–Trinajstić information content (AvgIpc) is 1.96. The molecular formula is C12H27NO3S. The SMILES string of the molecule is CC(C)(C)CS(=O)(=O)NC(CCO)C(C)(C)C. The Bertz CT molecular complexity index is 323. The summed E-state index contributed by atoms with van der Waals surface area (Å²) in [7, 11) is -3.30. The summed E-state index contributed by atoms with van der Waals surface area (Å²) in [6.45, 7) is 11.6. The minimum atomic E-state index is -3.30. The van der Waals surface area contributed by atoms with Gasteiger partial charge in [0.15, 0.2) is 0 Å². The van der Waals surface area contributed by atoms with Gasteiger partial charge in [0.1, 0.15) is 0 Å². The first kappa shape index (κ1) is 16.9. The normalized spacial score (nSPS) is 15.9. The predicted octanol–water partition coefficient (Wildman–Crippen LogP) is 1.75. The number of aliphatic hydroxyl groups is 1. The van der Waals surface area contributed by atoms with Gasteiger partial charge in [-0.3, -0.25) is 0 Å². The van der Waals surface area contributed by atoms with E-state index >= 15 is 0 Å². The molecule has 0 aromatic heterocycles. The van der Waals surface area contributed by atoms with E-state index in [1.54, 1.807) is 0 Å². The highest BCUT2D eigenvalue weighted by atomic mass is 32.2. The Labute approximate surface area is 106 Å². The van der Waals surface area contributed by atoms with E-state index in [1.807, 2.05) is 41.5 Å². The molecule has 0 rings (SSSR count). The fourth-order valence-corrected chi connectivity index (χ4v) is 3.75. The summed E-state index contributed by atoms with van der Waals surface area (Å²) in [5, 5.41) is 8.99. The molecule has 0 saturated heterocycles. The second-order valence-electron chi connectivity index (χ2n) is 6.87. The van der Waals surface area contributed by atoms with Gasteiger partial charge in [-0.25, -0.2) is 13.1 Å². The van der Waals surface area contributed by atoms with E-state index < -0.39 is 10.0 Å². The van der Waals surface area contributed by atoms with E-state index in [0.717, 1.165) is 0 Å². The topological polar surface area (TPSA) is 66.4 Å². The van der Waals surface area contributed by atoms with Crippen LogP contribution < -0.4 is 4.72 Å². The van der Waals surface area contributed by atoms with Crippen molar-refractivity contribution in [1.29, 1.82) is 0 Å². The molecule has 0 amide bonds. The van der Waals surface area contributed by atoms with Crippen LogP contribution in [-0.4, -0.2) is 31.9 Å². The summed E-state index contributed by atoms with van der Waals surface area (Å²) < 4.78 is 26.7. The Morgan fingerprint density at radius 2 is 1.59 bits per heavy atom. The molecule has 104 valence electrons. The maximum atomic E-state index is 12.0. The second kappa shape index (κ2) is 5.67. The molecule has 17 heavy (non-hydrogen) atoms. The van der Waals surface area contributed by atoms with Crippen molar-refractivity contribution >= 4 is 10.0 Å². The zero-order valence-electron chi connectivity index (χ0n) is 11.9. The molecule has 0 aliphatic carbocycles. The van der Waals surface area contributed by atoms with Crippen LogP contribution in [0.15, 0.2) is 0 Å². The monoisotopic (exact) mass is 265 g/mol. The van der Waals surface area contributed by atoms with Crippen molar-refractivity contribution in [1.82, 2.24) is 4.72 Å². The molecule has 2 N–H and O–H groups in total. The van der Waals surface area contributed by atoms with E-state index in [-0.39, 0.29) is 29.2 Å². The molecule has 0 aromatic carbocycles. The highest BCUT2D eigenvalue weighted by molar-refractivity contribution is 7.89. The summed E-state index contributed by atoms with van der Waals surface area (Å²) in [5.41, 5.74) is -0.471. The van der Waals surface area contributed by atoms with Crippen molar-refractivity contribution in [2.24, 2.45) is 10.8 Å². The van der Waals surface area contributed by atoms with E-state index in [2.05, 4.69) is 4.72 Å². The summed E-state index contributed by atoms with van der Waals surface area (Å²) >= 11 is 0. The highest BCUT2D eigenvalue weighted by Crippen LogP contribution is 2.23. The number of hydrogen-bond acceptors (Lipinski definition) is 3. The molecule has 1 unspecified atom stereocenters. The Morgan fingerprint density at radius 3 is 1.88 bits per heavy atom. The van der Waals surface area contributed by atoms with Gasteiger partial charge < -0.3 is 5.11 Å². The lowest BCUT2D eigenvalue weighted by Gasteiger charge is -2.32. The molecule has 5 heteroatoms. The van der Waals surface area contributed by atoms with Gasteiger partial charge >= 0.3 is 0 Å². The van der Waals surface area contributed by atoms with Crippen LogP contribution in [0.4, 0.5) is 0 Å². The molecule has 0 spiro atoms. The molecule has 1 atom stereocenters. The van der Waals surface area contributed by atoms with Crippen LogP contribution in [-0.2, 0) is 10.0 Å². The Kier molecular flexibility index (Phi) is 5.63. The van der Waals surface area contributed by atoms with Gasteiger partial charge in [0, 0.05) is 12.6 Å².